The number of nitrogens with zero attached hydrogens (tertiary/aromatic N) is 3. The lowest BCUT2D eigenvalue weighted by atomic mass is 10.0. The standard InChI is InChI=1S/C14H19BrClN5/c1-9(2)7-21-14(18-8-19-21)6-13(20-17)11-4-3-10(16)5-12(11)15/h3-5,8-9,13,20H,6-7,17H2,1-2H3. The van der Waals surface area contributed by atoms with Crippen LogP contribution in [0.4, 0.5) is 0 Å². The Morgan fingerprint density at radius 1 is 1.43 bits per heavy atom. The molecule has 3 N–H and O–H groups in total. The molecular weight excluding hydrogens is 354 g/mol. The summed E-state index contributed by atoms with van der Waals surface area (Å²) in [5.41, 5.74) is 3.89. The minimum atomic E-state index is -0.0632. The van der Waals surface area contributed by atoms with Gasteiger partial charge in [0.15, 0.2) is 0 Å². The number of halogens is 2. The highest BCUT2D eigenvalue weighted by molar-refractivity contribution is 9.10. The number of hydrazine groups is 1. The highest BCUT2D eigenvalue weighted by Crippen LogP contribution is 2.28. The fraction of sp³-hybridized carbons (Fsp3) is 0.429. The molecule has 114 valence electrons. The first kappa shape index (κ1) is 16.4. The molecule has 2 rings (SSSR count). The van der Waals surface area contributed by atoms with Gasteiger partial charge >= 0.3 is 0 Å². The Labute approximate surface area is 138 Å². The van der Waals surface area contributed by atoms with Crippen LogP contribution in [-0.4, -0.2) is 14.8 Å². The molecule has 0 aliphatic carbocycles. The topological polar surface area (TPSA) is 68.8 Å². The third kappa shape index (κ3) is 4.26. The van der Waals surface area contributed by atoms with Crippen LogP contribution in [0.25, 0.3) is 0 Å². The number of benzene rings is 1. The summed E-state index contributed by atoms with van der Waals surface area (Å²) in [5.74, 6) is 7.14. The minimum Gasteiger partial charge on any atom is -0.271 e. The second-order valence-electron chi connectivity index (χ2n) is 5.34. The normalized spacial score (nSPS) is 12.9. The first-order chi connectivity index (χ1) is 10.0. The van der Waals surface area contributed by atoms with E-state index in [4.69, 9.17) is 17.4 Å². The van der Waals surface area contributed by atoms with Gasteiger partial charge in [-0.15, -0.1) is 0 Å². The van der Waals surface area contributed by atoms with Gasteiger partial charge in [-0.1, -0.05) is 47.4 Å². The smallest absolute Gasteiger partial charge is 0.138 e. The van der Waals surface area contributed by atoms with Crippen LogP contribution in [0, 0.1) is 5.92 Å². The van der Waals surface area contributed by atoms with Crippen molar-refractivity contribution in [3.05, 3.63) is 45.4 Å². The molecule has 0 aliphatic rings. The molecule has 1 atom stereocenters. The number of aromatic nitrogens is 3. The van der Waals surface area contributed by atoms with Gasteiger partial charge < -0.3 is 0 Å². The van der Waals surface area contributed by atoms with Crippen LogP contribution in [0.15, 0.2) is 29.0 Å². The molecular formula is C14H19BrClN5. The molecule has 0 spiro atoms. The third-order valence-corrected chi connectivity index (χ3v) is 4.08. The average molecular weight is 373 g/mol. The zero-order valence-electron chi connectivity index (χ0n) is 12.1. The summed E-state index contributed by atoms with van der Waals surface area (Å²) in [4.78, 5) is 4.34. The van der Waals surface area contributed by atoms with Gasteiger partial charge in [0.25, 0.3) is 0 Å². The molecule has 0 aliphatic heterocycles. The maximum absolute atomic E-state index is 5.98. The van der Waals surface area contributed by atoms with E-state index in [-0.39, 0.29) is 6.04 Å². The zero-order valence-corrected chi connectivity index (χ0v) is 14.4. The molecule has 1 unspecified atom stereocenters. The maximum Gasteiger partial charge on any atom is 0.138 e. The first-order valence-electron chi connectivity index (χ1n) is 6.79. The van der Waals surface area contributed by atoms with Crippen molar-refractivity contribution in [2.45, 2.75) is 32.9 Å². The average Bonchev–Trinajstić information content (AvgIpc) is 2.83. The summed E-state index contributed by atoms with van der Waals surface area (Å²) in [5, 5.41) is 4.96. The Balaban J connectivity index is 2.21. The zero-order chi connectivity index (χ0) is 15.4. The fourth-order valence-electron chi connectivity index (χ4n) is 2.17. The van der Waals surface area contributed by atoms with Gasteiger partial charge in [0.2, 0.25) is 0 Å². The van der Waals surface area contributed by atoms with Crippen molar-refractivity contribution < 1.29 is 0 Å². The van der Waals surface area contributed by atoms with Crippen molar-refractivity contribution in [1.82, 2.24) is 20.2 Å². The molecule has 0 fully saturated rings. The van der Waals surface area contributed by atoms with Gasteiger partial charge in [0, 0.05) is 22.5 Å². The molecule has 0 bridgehead atoms. The Bertz CT molecular complexity index is 599. The summed E-state index contributed by atoms with van der Waals surface area (Å²) in [6, 6.07) is 5.61. The van der Waals surface area contributed by atoms with Crippen molar-refractivity contribution in [1.29, 1.82) is 0 Å². The van der Waals surface area contributed by atoms with E-state index in [1.807, 2.05) is 22.9 Å². The maximum atomic E-state index is 5.98. The molecule has 7 heteroatoms. The third-order valence-electron chi connectivity index (χ3n) is 3.16. The van der Waals surface area contributed by atoms with Crippen molar-refractivity contribution in [3.63, 3.8) is 0 Å². The molecule has 0 radical (unpaired) electrons. The Morgan fingerprint density at radius 2 is 2.19 bits per heavy atom. The van der Waals surface area contributed by atoms with E-state index in [0.717, 1.165) is 22.4 Å². The molecule has 0 saturated carbocycles. The highest BCUT2D eigenvalue weighted by atomic mass is 79.9. The predicted octanol–water partition coefficient (Wildman–Crippen LogP) is 3.10. The van der Waals surface area contributed by atoms with E-state index in [9.17, 15) is 0 Å². The van der Waals surface area contributed by atoms with Crippen LogP contribution in [0.2, 0.25) is 5.02 Å². The molecule has 2 aromatic rings. The number of nitrogens with one attached hydrogen (secondary N) is 1. The predicted molar refractivity (Wildman–Crippen MR) is 87.8 cm³/mol. The number of nitrogens with two attached hydrogens (primary N) is 1. The Kier molecular flexibility index (Phi) is 5.75. The lowest BCUT2D eigenvalue weighted by Crippen LogP contribution is -2.31. The molecule has 5 nitrogen and oxygen atoms in total. The van der Waals surface area contributed by atoms with E-state index in [0.29, 0.717) is 17.4 Å². The van der Waals surface area contributed by atoms with Crippen LogP contribution in [-0.2, 0) is 13.0 Å². The van der Waals surface area contributed by atoms with Gasteiger partial charge in [-0.25, -0.2) is 9.67 Å². The number of hydrogen-bond acceptors (Lipinski definition) is 4. The first-order valence-corrected chi connectivity index (χ1v) is 7.96. The van der Waals surface area contributed by atoms with Crippen LogP contribution >= 0.6 is 27.5 Å². The van der Waals surface area contributed by atoms with E-state index < -0.39 is 0 Å². The second kappa shape index (κ2) is 7.35. The van der Waals surface area contributed by atoms with E-state index in [2.05, 4.69) is 45.3 Å². The number of rotatable bonds is 6. The summed E-state index contributed by atoms with van der Waals surface area (Å²) >= 11 is 9.51. The van der Waals surface area contributed by atoms with Gasteiger partial charge in [0.05, 0.1) is 6.04 Å². The largest absolute Gasteiger partial charge is 0.271 e. The van der Waals surface area contributed by atoms with Crippen LogP contribution in [0.3, 0.4) is 0 Å². The molecule has 21 heavy (non-hydrogen) atoms. The molecule has 1 aromatic heterocycles. The molecule has 0 saturated heterocycles. The van der Waals surface area contributed by atoms with Gasteiger partial charge in [-0.3, -0.25) is 11.3 Å². The molecule has 0 amide bonds. The SMILES string of the molecule is CC(C)Cn1ncnc1CC(NN)c1ccc(Cl)cc1Br. The van der Waals surface area contributed by atoms with Crippen molar-refractivity contribution in [2.24, 2.45) is 11.8 Å². The lowest BCUT2D eigenvalue weighted by Gasteiger charge is -2.18. The van der Waals surface area contributed by atoms with Gasteiger partial charge in [-0.05, 0) is 23.6 Å². The van der Waals surface area contributed by atoms with Crippen molar-refractivity contribution in [2.75, 3.05) is 0 Å². The minimum absolute atomic E-state index is 0.0632. The summed E-state index contributed by atoms with van der Waals surface area (Å²) in [7, 11) is 0. The van der Waals surface area contributed by atoms with E-state index in [1.165, 1.54) is 0 Å². The van der Waals surface area contributed by atoms with Crippen LogP contribution < -0.4 is 11.3 Å². The summed E-state index contributed by atoms with van der Waals surface area (Å²) in [6.45, 7) is 5.15. The fourth-order valence-corrected chi connectivity index (χ4v) is 3.13. The summed E-state index contributed by atoms with van der Waals surface area (Å²) < 4.78 is 2.85. The van der Waals surface area contributed by atoms with Crippen LogP contribution in [0.5, 0.6) is 0 Å². The highest BCUT2D eigenvalue weighted by Gasteiger charge is 2.17. The Morgan fingerprint density at radius 3 is 2.81 bits per heavy atom. The van der Waals surface area contributed by atoms with E-state index in [1.54, 1.807) is 6.33 Å². The van der Waals surface area contributed by atoms with Crippen molar-refractivity contribution >= 4 is 27.5 Å². The summed E-state index contributed by atoms with van der Waals surface area (Å²) in [6.07, 6.45) is 2.24. The van der Waals surface area contributed by atoms with Crippen molar-refractivity contribution in [3.8, 4) is 0 Å². The second-order valence-corrected chi connectivity index (χ2v) is 6.63. The number of hydrogen-bond donors (Lipinski definition) is 2. The molecule has 1 heterocycles. The van der Waals surface area contributed by atoms with Crippen LogP contribution in [0.1, 0.15) is 31.3 Å². The quantitative estimate of drug-likeness (QED) is 0.604. The Hall–Kier alpha value is -0.950. The monoisotopic (exact) mass is 371 g/mol. The van der Waals surface area contributed by atoms with Gasteiger partial charge in [-0.2, -0.15) is 5.10 Å². The van der Waals surface area contributed by atoms with Gasteiger partial charge in [0.1, 0.15) is 12.2 Å². The lowest BCUT2D eigenvalue weighted by molar-refractivity contribution is 0.446. The molecule has 1 aromatic carbocycles. The van der Waals surface area contributed by atoms with E-state index >= 15 is 0 Å².